The molecule has 7 nitrogen and oxygen atoms in total. The Labute approximate surface area is 313 Å². The summed E-state index contributed by atoms with van der Waals surface area (Å²) in [5.74, 6) is 1.56. The van der Waals surface area contributed by atoms with Gasteiger partial charge < -0.3 is 20.8 Å². The molecule has 0 heterocycles. The van der Waals surface area contributed by atoms with Crippen molar-refractivity contribution in [3.63, 3.8) is 0 Å². The number of hydrogen-bond donors (Lipinski definition) is 4. The highest BCUT2D eigenvalue weighted by Gasteiger charge is 2.71. The second-order valence-electron chi connectivity index (χ2n) is 19.4. The topological polar surface area (TPSA) is 116 Å². The Morgan fingerprint density at radius 1 is 0.808 bits per heavy atom. The van der Waals surface area contributed by atoms with Gasteiger partial charge in [0, 0.05) is 13.0 Å². The minimum Gasteiger partial charge on any atom is -0.478 e. The molecule has 0 aromatic heterocycles. The lowest BCUT2D eigenvalue weighted by Crippen LogP contribution is -2.67. The van der Waals surface area contributed by atoms with Gasteiger partial charge in [-0.25, -0.2) is 4.79 Å². The van der Waals surface area contributed by atoms with Gasteiger partial charge in [-0.2, -0.15) is 0 Å². The third-order valence-corrected chi connectivity index (χ3v) is 16.8. The number of benzene rings is 1. The van der Waals surface area contributed by atoms with Crippen molar-refractivity contribution in [1.29, 1.82) is 0 Å². The van der Waals surface area contributed by atoms with Crippen LogP contribution in [0.4, 0.5) is 5.69 Å². The van der Waals surface area contributed by atoms with Crippen molar-refractivity contribution in [2.45, 2.75) is 150 Å². The molecular formula is C45H68N2O5. The number of carboxylic acid groups (broad SMARTS) is 1. The molecule has 0 saturated heterocycles. The number of para-hydroxylation sites is 1. The Balaban J connectivity index is 1.04. The number of anilines is 1. The number of carboxylic acids is 1. The quantitative estimate of drug-likeness (QED) is 0.127. The van der Waals surface area contributed by atoms with Crippen LogP contribution < -0.4 is 10.6 Å². The van der Waals surface area contributed by atoms with Crippen molar-refractivity contribution in [1.82, 2.24) is 5.32 Å². The molecule has 0 spiro atoms. The number of carbonyl (C=O) groups is 3. The maximum Gasteiger partial charge on any atom is 0.337 e. The van der Waals surface area contributed by atoms with E-state index in [1.807, 2.05) is 0 Å². The van der Waals surface area contributed by atoms with E-state index in [-0.39, 0.29) is 50.6 Å². The normalized spacial score (nSPS) is 38.9. The average Bonchev–Trinajstić information content (AvgIpc) is 3.49. The molecular weight excluding hydrogens is 649 g/mol. The van der Waals surface area contributed by atoms with Gasteiger partial charge >= 0.3 is 5.97 Å². The summed E-state index contributed by atoms with van der Waals surface area (Å²) in [6, 6.07) is 6.48. The molecule has 288 valence electrons. The highest BCUT2D eigenvalue weighted by molar-refractivity contribution is 6.00. The van der Waals surface area contributed by atoms with Gasteiger partial charge in [0.2, 0.25) is 11.8 Å². The monoisotopic (exact) mass is 717 g/mol. The van der Waals surface area contributed by atoms with Gasteiger partial charge in [0.1, 0.15) is 0 Å². The number of allylic oxidation sites excluding steroid dienone is 1. The van der Waals surface area contributed by atoms with Gasteiger partial charge in [-0.15, -0.1) is 0 Å². The lowest BCUT2D eigenvalue weighted by Gasteiger charge is -2.72. The number of aromatic carboxylic acids is 1. The highest BCUT2D eigenvalue weighted by atomic mass is 16.4. The fourth-order valence-electron chi connectivity index (χ4n) is 13.8. The van der Waals surface area contributed by atoms with E-state index in [0.717, 1.165) is 70.6 Å². The molecule has 1 aromatic rings. The molecule has 10 atom stereocenters. The zero-order valence-corrected chi connectivity index (χ0v) is 33.1. The molecule has 5 fully saturated rings. The van der Waals surface area contributed by atoms with Gasteiger partial charge in [0.05, 0.1) is 22.8 Å². The van der Waals surface area contributed by atoms with E-state index in [0.29, 0.717) is 48.2 Å². The fraction of sp³-hybridized carbons (Fsp3) is 0.756. The lowest BCUT2D eigenvalue weighted by atomic mass is 9.32. The molecule has 7 heteroatoms. The summed E-state index contributed by atoms with van der Waals surface area (Å²) in [6.07, 6.45) is 15.8. The van der Waals surface area contributed by atoms with Crippen molar-refractivity contribution in [2.24, 2.45) is 56.7 Å². The first-order valence-electron chi connectivity index (χ1n) is 20.8. The molecule has 52 heavy (non-hydrogen) atoms. The number of aliphatic hydroxyl groups excluding tert-OH is 1. The van der Waals surface area contributed by atoms with E-state index in [1.54, 1.807) is 18.2 Å². The van der Waals surface area contributed by atoms with Gasteiger partial charge in [0.25, 0.3) is 0 Å². The molecule has 5 aliphatic rings. The molecule has 5 aliphatic carbocycles. The third kappa shape index (κ3) is 6.37. The van der Waals surface area contributed by atoms with E-state index < -0.39 is 5.97 Å². The Morgan fingerprint density at radius 2 is 1.52 bits per heavy atom. The first kappa shape index (κ1) is 39.0. The Bertz CT molecular complexity index is 1540. The van der Waals surface area contributed by atoms with Crippen LogP contribution in [0.15, 0.2) is 36.4 Å². The standard InChI is InChI=1S/C45H68N2O5/c1-29(2)30-20-25-45(40(52)46-28-14-10-8-9-11-17-37(49)47-33-16-13-12-15-31(33)39(50)51)27-26-43(6)32(38(30)45)18-19-35-42(5)23-22-36(48)41(3,4)34(42)21-24-44(35,43)7/h12-13,15-16,30,32,34-36,38,48H,1,8-11,14,17-28H2,2-7H3,(H,46,52)(H,47,49)(H,50,51)/t30-,32+,34-,35?,36-,38+,42-,43+,44+,45-/m0/s1. The summed E-state index contributed by atoms with van der Waals surface area (Å²) in [6.45, 7) is 19.9. The number of amides is 2. The molecule has 5 saturated carbocycles. The van der Waals surface area contributed by atoms with Crippen molar-refractivity contribution >= 4 is 23.5 Å². The van der Waals surface area contributed by atoms with E-state index in [4.69, 9.17) is 0 Å². The van der Waals surface area contributed by atoms with Crippen LogP contribution in [0.5, 0.6) is 0 Å². The number of nitrogens with one attached hydrogen (secondary N) is 2. The molecule has 4 N–H and O–H groups in total. The Kier molecular flexibility index (Phi) is 10.9. The second-order valence-corrected chi connectivity index (χ2v) is 19.4. The summed E-state index contributed by atoms with van der Waals surface area (Å²) in [5.41, 5.74) is 2.02. The first-order chi connectivity index (χ1) is 24.5. The smallest absolute Gasteiger partial charge is 0.337 e. The molecule has 6 rings (SSSR count). The molecule has 1 aromatic carbocycles. The Morgan fingerprint density at radius 3 is 2.25 bits per heavy atom. The summed E-state index contributed by atoms with van der Waals surface area (Å²) in [4.78, 5) is 38.3. The van der Waals surface area contributed by atoms with Crippen LogP contribution in [0, 0.1) is 56.7 Å². The summed E-state index contributed by atoms with van der Waals surface area (Å²) >= 11 is 0. The minimum absolute atomic E-state index is 0.0447. The predicted molar refractivity (Wildman–Crippen MR) is 208 cm³/mol. The van der Waals surface area contributed by atoms with Crippen LogP contribution >= 0.6 is 0 Å². The number of unbranched alkanes of at least 4 members (excludes halogenated alkanes) is 4. The van der Waals surface area contributed by atoms with E-state index in [9.17, 15) is 24.6 Å². The highest BCUT2D eigenvalue weighted by Crippen LogP contribution is 2.77. The maximum absolute atomic E-state index is 14.4. The lowest BCUT2D eigenvalue weighted by molar-refractivity contribution is -0.246. The molecule has 2 amide bonds. The second kappa shape index (κ2) is 14.5. The van der Waals surface area contributed by atoms with Crippen molar-refractivity contribution in [3.8, 4) is 0 Å². The zero-order valence-electron chi connectivity index (χ0n) is 33.1. The van der Waals surface area contributed by atoms with Crippen LogP contribution in [0.2, 0.25) is 0 Å². The first-order valence-corrected chi connectivity index (χ1v) is 20.8. The Hall–Kier alpha value is -2.67. The molecule has 0 radical (unpaired) electrons. The molecule has 0 bridgehead atoms. The summed E-state index contributed by atoms with van der Waals surface area (Å²) in [5, 5.41) is 26.6. The largest absolute Gasteiger partial charge is 0.478 e. The third-order valence-electron chi connectivity index (χ3n) is 16.8. The van der Waals surface area contributed by atoms with Crippen molar-refractivity contribution in [3.05, 3.63) is 42.0 Å². The average molecular weight is 717 g/mol. The fourth-order valence-corrected chi connectivity index (χ4v) is 13.8. The minimum atomic E-state index is -1.05. The van der Waals surface area contributed by atoms with Crippen LogP contribution in [0.3, 0.4) is 0 Å². The van der Waals surface area contributed by atoms with E-state index >= 15 is 0 Å². The predicted octanol–water partition coefficient (Wildman–Crippen LogP) is 9.80. The van der Waals surface area contributed by atoms with Gasteiger partial charge in [-0.3, -0.25) is 9.59 Å². The van der Waals surface area contributed by atoms with Gasteiger partial charge in [-0.05, 0) is 147 Å². The van der Waals surface area contributed by atoms with Crippen LogP contribution in [0.1, 0.15) is 155 Å². The SMILES string of the molecule is C=C(C)[C@@H]1CC[C@]2(C(=O)NCCCCCCCC(=O)Nc3ccccc3C(=O)O)CC[C@]3(C)[C@H](CCC4[C@@]5(C)CC[C@H](O)C(C)(C)[C@@H]5CC[C@]43C)[C@@H]12. The number of carbonyl (C=O) groups excluding carboxylic acids is 2. The number of aliphatic hydroxyl groups is 1. The number of hydrogen-bond acceptors (Lipinski definition) is 4. The zero-order chi connectivity index (χ0) is 37.7. The van der Waals surface area contributed by atoms with Gasteiger partial charge in [-0.1, -0.05) is 78.2 Å². The van der Waals surface area contributed by atoms with E-state index in [2.05, 4.69) is 58.8 Å². The van der Waals surface area contributed by atoms with Crippen molar-refractivity contribution < 1.29 is 24.6 Å². The maximum atomic E-state index is 14.4. The molecule has 0 aliphatic heterocycles. The number of fused-ring (bicyclic) bond motifs is 7. The van der Waals surface area contributed by atoms with Crippen LogP contribution in [0.25, 0.3) is 0 Å². The van der Waals surface area contributed by atoms with E-state index in [1.165, 1.54) is 37.3 Å². The van der Waals surface area contributed by atoms with Crippen LogP contribution in [-0.4, -0.2) is 40.6 Å². The summed E-state index contributed by atoms with van der Waals surface area (Å²) < 4.78 is 0. The van der Waals surface area contributed by atoms with Crippen LogP contribution in [-0.2, 0) is 9.59 Å². The number of rotatable bonds is 12. The molecule has 1 unspecified atom stereocenters. The summed E-state index contributed by atoms with van der Waals surface area (Å²) in [7, 11) is 0. The van der Waals surface area contributed by atoms with Gasteiger partial charge in [0.15, 0.2) is 0 Å². The van der Waals surface area contributed by atoms with Crippen molar-refractivity contribution in [2.75, 3.05) is 11.9 Å².